The van der Waals surface area contributed by atoms with Crippen LogP contribution in [0.15, 0.2) is 0 Å². The summed E-state index contributed by atoms with van der Waals surface area (Å²) in [6.45, 7) is 3.44. The van der Waals surface area contributed by atoms with E-state index in [1.54, 1.807) is 0 Å². The zero-order valence-corrected chi connectivity index (χ0v) is 10.2. The number of piperidine rings is 1. The summed E-state index contributed by atoms with van der Waals surface area (Å²) in [4.78, 5) is 25.0. The van der Waals surface area contributed by atoms with Gasteiger partial charge in [-0.1, -0.05) is 0 Å². The molecule has 0 aliphatic carbocycles. The molecule has 2 rings (SSSR count). The minimum atomic E-state index is -0.733. The van der Waals surface area contributed by atoms with Crippen LogP contribution in [-0.2, 0) is 9.59 Å². The Balaban J connectivity index is 1.94. The van der Waals surface area contributed by atoms with Crippen LogP contribution in [0, 0.1) is 5.92 Å². The number of nitrogens with zero attached hydrogens (tertiary/aromatic N) is 1. The number of carboxylic acid groups (broad SMARTS) is 1. The Hall–Kier alpha value is -1.10. The molecule has 0 aromatic carbocycles. The first-order valence-electron chi connectivity index (χ1n) is 6.36. The Labute approximate surface area is 101 Å². The lowest BCUT2D eigenvalue weighted by atomic mass is 9.91. The third-order valence-corrected chi connectivity index (χ3v) is 3.87. The number of carboxylic acids is 1. The largest absolute Gasteiger partial charge is 0.481 e. The van der Waals surface area contributed by atoms with E-state index in [4.69, 9.17) is 5.11 Å². The van der Waals surface area contributed by atoms with Crippen molar-refractivity contribution in [3.05, 3.63) is 0 Å². The molecule has 0 bridgehead atoms. The number of nitrogens with one attached hydrogen (secondary N) is 1. The van der Waals surface area contributed by atoms with Crippen LogP contribution >= 0.6 is 0 Å². The van der Waals surface area contributed by atoms with Gasteiger partial charge in [-0.05, 0) is 39.2 Å². The van der Waals surface area contributed by atoms with Crippen molar-refractivity contribution in [2.75, 3.05) is 13.1 Å². The second-order valence-corrected chi connectivity index (χ2v) is 5.09. The number of aliphatic carboxylic acids is 1. The molecule has 1 amide bonds. The molecule has 2 saturated heterocycles. The number of carbonyl (C=O) groups is 2. The van der Waals surface area contributed by atoms with Gasteiger partial charge in [0, 0.05) is 12.6 Å². The number of hydrogen-bond donors (Lipinski definition) is 2. The molecular weight excluding hydrogens is 220 g/mol. The fourth-order valence-electron chi connectivity index (χ4n) is 2.82. The van der Waals surface area contributed by atoms with Crippen LogP contribution in [0.5, 0.6) is 0 Å². The van der Waals surface area contributed by atoms with E-state index in [-0.39, 0.29) is 23.9 Å². The predicted octanol–water partition coefficient (Wildman–Crippen LogP) is 0.450. The van der Waals surface area contributed by atoms with Crippen LogP contribution in [0.25, 0.3) is 0 Å². The molecule has 0 aromatic rings. The van der Waals surface area contributed by atoms with E-state index in [2.05, 4.69) is 5.32 Å². The first-order valence-corrected chi connectivity index (χ1v) is 6.36. The highest BCUT2D eigenvalue weighted by molar-refractivity contribution is 5.83. The van der Waals surface area contributed by atoms with Crippen molar-refractivity contribution in [3.63, 3.8) is 0 Å². The Bertz CT molecular complexity index is 313. The number of rotatable bonds is 2. The van der Waals surface area contributed by atoms with Gasteiger partial charge in [-0.25, -0.2) is 0 Å². The van der Waals surface area contributed by atoms with Gasteiger partial charge in [0.2, 0.25) is 5.91 Å². The number of amides is 1. The van der Waals surface area contributed by atoms with Gasteiger partial charge in [-0.15, -0.1) is 0 Å². The molecule has 96 valence electrons. The van der Waals surface area contributed by atoms with Crippen LogP contribution in [0.1, 0.15) is 32.6 Å². The molecule has 3 atom stereocenters. The van der Waals surface area contributed by atoms with Crippen molar-refractivity contribution >= 4 is 11.9 Å². The fourth-order valence-corrected chi connectivity index (χ4v) is 2.82. The zero-order valence-electron chi connectivity index (χ0n) is 10.2. The van der Waals surface area contributed by atoms with E-state index in [0.29, 0.717) is 19.4 Å². The topological polar surface area (TPSA) is 69.6 Å². The van der Waals surface area contributed by atoms with E-state index < -0.39 is 5.97 Å². The molecule has 2 heterocycles. The molecule has 2 aliphatic rings. The first kappa shape index (κ1) is 12.4. The summed E-state index contributed by atoms with van der Waals surface area (Å²) in [5.41, 5.74) is 0. The van der Waals surface area contributed by atoms with Gasteiger partial charge in [0.1, 0.15) is 0 Å². The van der Waals surface area contributed by atoms with Crippen molar-refractivity contribution < 1.29 is 14.7 Å². The quantitative estimate of drug-likeness (QED) is 0.735. The standard InChI is InChI=1S/C12H20N2O3/c1-8-7-9(12(16)17)4-6-14(8)11(15)10-3-2-5-13-10/h8-10,13H,2-7H2,1H3,(H,16,17)/t8?,9?,10-/m1/s1. The summed E-state index contributed by atoms with van der Waals surface area (Å²) in [5.74, 6) is -0.868. The first-order chi connectivity index (χ1) is 8.09. The lowest BCUT2D eigenvalue weighted by Gasteiger charge is -2.37. The molecule has 5 heteroatoms. The number of likely N-dealkylation sites (tertiary alicyclic amines) is 1. The molecule has 5 nitrogen and oxygen atoms in total. The van der Waals surface area contributed by atoms with E-state index in [0.717, 1.165) is 19.4 Å². The Morgan fingerprint density at radius 3 is 2.65 bits per heavy atom. The van der Waals surface area contributed by atoms with Gasteiger partial charge < -0.3 is 15.3 Å². The van der Waals surface area contributed by atoms with Crippen molar-refractivity contribution in [3.8, 4) is 0 Å². The Kier molecular flexibility index (Phi) is 3.66. The average Bonchev–Trinajstić information content (AvgIpc) is 2.81. The number of hydrogen-bond acceptors (Lipinski definition) is 3. The normalized spacial score (nSPS) is 33.7. The monoisotopic (exact) mass is 240 g/mol. The summed E-state index contributed by atoms with van der Waals surface area (Å²) in [5, 5.41) is 12.2. The Morgan fingerprint density at radius 1 is 1.35 bits per heavy atom. The molecule has 0 aromatic heterocycles. The number of carbonyl (C=O) groups excluding carboxylic acids is 1. The van der Waals surface area contributed by atoms with Crippen LogP contribution < -0.4 is 5.32 Å². The highest BCUT2D eigenvalue weighted by Crippen LogP contribution is 2.24. The average molecular weight is 240 g/mol. The van der Waals surface area contributed by atoms with Crippen molar-refractivity contribution in [2.45, 2.75) is 44.7 Å². The highest BCUT2D eigenvalue weighted by atomic mass is 16.4. The van der Waals surface area contributed by atoms with Crippen LogP contribution in [-0.4, -0.2) is 47.1 Å². The van der Waals surface area contributed by atoms with Crippen molar-refractivity contribution in [1.82, 2.24) is 10.2 Å². The summed E-state index contributed by atoms with van der Waals surface area (Å²) < 4.78 is 0. The fraction of sp³-hybridized carbons (Fsp3) is 0.833. The smallest absolute Gasteiger partial charge is 0.306 e. The van der Waals surface area contributed by atoms with E-state index in [1.807, 2.05) is 11.8 Å². The molecular formula is C12H20N2O3. The SMILES string of the molecule is CC1CC(C(=O)O)CCN1C(=O)[C@H]1CCCN1. The third-order valence-electron chi connectivity index (χ3n) is 3.87. The zero-order chi connectivity index (χ0) is 12.4. The summed E-state index contributed by atoms with van der Waals surface area (Å²) in [6.07, 6.45) is 3.12. The van der Waals surface area contributed by atoms with Gasteiger partial charge in [-0.3, -0.25) is 9.59 Å². The van der Waals surface area contributed by atoms with E-state index >= 15 is 0 Å². The lowest BCUT2D eigenvalue weighted by molar-refractivity contribution is -0.148. The van der Waals surface area contributed by atoms with Gasteiger partial charge in [-0.2, -0.15) is 0 Å². The second-order valence-electron chi connectivity index (χ2n) is 5.09. The second kappa shape index (κ2) is 5.04. The lowest BCUT2D eigenvalue weighted by Crippen LogP contribution is -2.51. The van der Waals surface area contributed by atoms with Crippen molar-refractivity contribution in [1.29, 1.82) is 0 Å². The van der Waals surface area contributed by atoms with E-state index in [1.165, 1.54) is 0 Å². The third kappa shape index (κ3) is 2.60. The maximum absolute atomic E-state index is 12.2. The van der Waals surface area contributed by atoms with Gasteiger partial charge in [0.05, 0.1) is 12.0 Å². The molecule has 0 saturated carbocycles. The van der Waals surface area contributed by atoms with Crippen LogP contribution in [0.2, 0.25) is 0 Å². The van der Waals surface area contributed by atoms with E-state index in [9.17, 15) is 9.59 Å². The molecule has 0 radical (unpaired) electrons. The minimum Gasteiger partial charge on any atom is -0.481 e. The summed E-state index contributed by atoms with van der Waals surface area (Å²) >= 11 is 0. The minimum absolute atomic E-state index is 0.0414. The van der Waals surface area contributed by atoms with Gasteiger partial charge in [0.15, 0.2) is 0 Å². The molecule has 17 heavy (non-hydrogen) atoms. The van der Waals surface area contributed by atoms with Crippen molar-refractivity contribution in [2.24, 2.45) is 5.92 Å². The highest BCUT2D eigenvalue weighted by Gasteiger charge is 2.35. The van der Waals surface area contributed by atoms with Gasteiger partial charge in [0.25, 0.3) is 0 Å². The Morgan fingerprint density at radius 2 is 2.12 bits per heavy atom. The maximum atomic E-state index is 12.2. The van der Waals surface area contributed by atoms with Gasteiger partial charge >= 0.3 is 5.97 Å². The predicted molar refractivity (Wildman–Crippen MR) is 62.6 cm³/mol. The maximum Gasteiger partial charge on any atom is 0.306 e. The summed E-state index contributed by atoms with van der Waals surface area (Å²) in [6, 6.07) is -0.00132. The molecule has 0 spiro atoms. The molecule has 2 unspecified atom stereocenters. The summed E-state index contributed by atoms with van der Waals surface area (Å²) in [7, 11) is 0. The molecule has 2 N–H and O–H groups in total. The molecule has 2 fully saturated rings. The molecule has 2 aliphatic heterocycles. The van der Waals surface area contributed by atoms with Crippen LogP contribution in [0.3, 0.4) is 0 Å². The van der Waals surface area contributed by atoms with Crippen LogP contribution in [0.4, 0.5) is 0 Å².